The molecule has 152 valence electrons. The van der Waals surface area contributed by atoms with E-state index >= 15 is 0 Å². The Labute approximate surface area is 169 Å². The van der Waals surface area contributed by atoms with Gasteiger partial charge >= 0.3 is 6.03 Å². The van der Waals surface area contributed by atoms with Crippen molar-refractivity contribution in [3.05, 3.63) is 53.5 Å². The van der Waals surface area contributed by atoms with Gasteiger partial charge in [-0.1, -0.05) is 6.07 Å². The van der Waals surface area contributed by atoms with Crippen LogP contribution in [0.3, 0.4) is 0 Å². The second-order valence-corrected chi connectivity index (χ2v) is 7.05. The lowest BCUT2D eigenvalue weighted by atomic mass is 10.1. The first-order valence-corrected chi connectivity index (χ1v) is 9.45. The number of piperidine rings is 1. The number of aromatic nitrogens is 1. The summed E-state index contributed by atoms with van der Waals surface area (Å²) >= 11 is 0. The molecule has 1 saturated heterocycles. The molecule has 1 aromatic carbocycles. The fourth-order valence-corrected chi connectivity index (χ4v) is 3.33. The number of nitriles is 1. The van der Waals surface area contributed by atoms with Crippen LogP contribution in [-0.4, -0.2) is 49.2 Å². The van der Waals surface area contributed by atoms with E-state index in [1.54, 1.807) is 31.4 Å². The zero-order chi connectivity index (χ0) is 20.8. The molecule has 0 atom stereocenters. The second kappa shape index (κ2) is 9.24. The molecule has 0 unspecified atom stereocenters. The van der Waals surface area contributed by atoms with Crippen molar-refractivity contribution in [3.63, 3.8) is 0 Å². The van der Waals surface area contributed by atoms with E-state index in [9.17, 15) is 9.18 Å². The molecule has 0 radical (unpaired) electrons. The standard InChI is InChI=1S/C21H24FN5O2/c1-26(14-15-3-5-19(29-2)18(22)11-15)21(28)25-17-7-9-27(10-8-17)20-6-4-16(12-23)13-24-20/h3-6,11,13,17H,7-10,14H2,1-2H3,(H,25,28). The van der Waals surface area contributed by atoms with E-state index in [0.717, 1.165) is 31.7 Å². The summed E-state index contributed by atoms with van der Waals surface area (Å²) in [5.41, 5.74) is 1.23. The van der Waals surface area contributed by atoms with Crippen LogP contribution in [0.1, 0.15) is 24.0 Å². The van der Waals surface area contributed by atoms with Crippen LogP contribution in [-0.2, 0) is 6.54 Å². The highest BCUT2D eigenvalue weighted by molar-refractivity contribution is 5.74. The third-order valence-electron chi connectivity index (χ3n) is 5.01. The lowest BCUT2D eigenvalue weighted by Gasteiger charge is -2.34. The number of nitrogens with one attached hydrogen (secondary N) is 1. The number of rotatable bonds is 5. The first-order valence-electron chi connectivity index (χ1n) is 9.45. The maximum Gasteiger partial charge on any atom is 0.317 e. The van der Waals surface area contributed by atoms with Crippen molar-refractivity contribution in [2.75, 3.05) is 32.1 Å². The summed E-state index contributed by atoms with van der Waals surface area (Å²) in [6, 6.07) is 10.2. The molecule has 0 spiro atoms. The zero-order valence-electron chi connectivity index (χ0n) is 16.6. The average molecular weight is 397 g/mol. The van der Waals surface area contributed by atoms with Crippen LogP contribution < -0.4 is 15.0 Å². The summed E-state index contributed by atoms with van der Waals surface area (Å²) in [6.07, 6.45) is 3.18. The predicted molar refractivity (Wildman–Crippen MR) is 107 cm³/mol. The average Bonchev–Trinajstić information content (AvgIpc) is 2.74. The summed E-state index contributed by atoms with van der Waals surface area (Å²) in [5.74, 6) is 0.583. The summed E-state index contributed by atoms with van der Waals surface area (Å²) in [5, 5.41) is 11.9. The fourth-order valence-electron chi connectivity index (χ4n) is 3.33. The van der Waals surface area contributed by atoms with Gasteiger partial charge in [-0.05, 0) is 42.7 Å². The van der Waals surface area contributed by atoms with Gasteiger partial charge in [0.1, 0.15) is 11.9 Å². The number of hydrogen-bond acceptors (Lipinski definition) is 5. The van der Waals surface area contributed by atoms with Gasteiger partial charge in [-0.25, -0.2) is 14.2 Å². The van der Waals surface area contributed by atoms with Crippen LogP contribution in [0.5, 0.6) is 5.75 Å². The molecule has 3 rings (SSSR count). The van der Waals surface area contributed by atoms with Crippen molar-refractivity contribution >= 4 is 11.8 Å². The van der Waals surface area contributed by atoms with E-state index in [2.05, 4.69) is 21.3 Å². The fraction of sp³-hybridized carbons (Fsp3) is 0.381. The molecule has 2 aromatic rings. The van der Waals surface area contributed by atoms with Gasteiger partial charge in [-0.15, -0.1) is 0 Å². The van der Waals surface area contributed by atoms with Crippen LogP contribution >= 0.6 is 0 Å². The quantitative estimate of drug-likeness (QED) is 0.839. The van der Waals surface area contributed by atoms with Crippen molar-refractivity contribution in [2.45, 2.75) is 25.4 Å². The molecule has 2 amide bonds. The van der Waals surface area contributed by atoms with Gasteiger partial charge in [0, 0.05) is 38.9 Å². The van der Waals surface area contributed by atoms with E-state index < -0.39 is 5.82 Å². The molecule has 29 heavy (non-hydrogen) atoms. The topological polar surface area (TPSA) is 81.5 Å². The SMILES string of the molecule is COc1ccc(CN(C)C(=O)NC2CCN(c3ccc(C#N)cn3)CC2)cc1F. The number of ether oxygens (including phenoxy) is 1. The Bertz CT molecular complexity index is 889. The smallest absolute Gasteiger partial charge is 0.317 e. The summed E-state index contributed by atoms with van der Waals surface area (Å²) in [6.45, 7) is 1.86. The number of carbonyl (C=O) groups is 1. The Balaban J connectivity index is 1.48. The minimum atomic E-state index is -0.442. The molecular formula is C21H24FN5O2. The summed E-state index contributed by atoms with van der Waals surface area (Å²) in [4.78, 5) is 20.5. The van der Waals surface area contributed by atoms with Crippen LogP contribution in [0.15, 0.2) is 36.5 Å². The van der Waals surface area contributed by atoms with Crippen LogP contribution in [0.25, 0.3) is 0 Å². The minimum Gasteiger partial charge on any atom is -0.494 e. The van der Waals surface area contributed by atoms with Gasteiger partial charge in [0.05, 0.1) is 12.7 Å². The number of pyridine rings is 1. The number of halogens is 1. The maximum absolute atomic E-state index is 13.8. The highest BCUT2D eigenvalue weighted by atomic mass is 19.1. The molecule has 0 bridgehead atoms. The van der Waals surface area contributed by atoms with Crippen LogP contribution in [0.2, 0.25) is 0 Å². The second-order valence-electron chi connectivity index (χ2n) is 7.05. The first-order chi connectivity index (χ1) is 14.0. The van der Waals surface area contributed by atoms with Crippen LogP contribution in [0, 0.1) is 17.1 Å². The number of urea groups is 1. The molecule has 8 heteroatoms. The molecule has 0 aliphatic carbocycles. The molecule has 0 saturated carbocycles. The van der Waals surface area contributed by atoms with Gasteiger partial charge in [0.25, 0.3) is 0 Å². The number of methoxy groups -OCH3 is 1. The number of carbonyl (C=O) groups excluding carboxylic acids is 1. The lowest BCUT2D eigenvalue weighted by Crippen LogP contribution is -2.48. The van der Waals surface area contributed by atoms with Gasteiger partial charge in [-0.3, -0.25) is 0 Å². The van der Waals surface area contributed by atoms with Crippen molar-refractivity contribution in [3.8, 4) is 11.8 Å². The molecule has 2 heterocycles. The molecule has 7 nitrogen and oxygen atoms in total. The molecule has 1 N–H and O–H groups in total. The third-order valence-corrected chi connectivity index (χ3v) is 5.01. The predicted octanol–water partition coefficient (Wildman–Crippen LogP) is 2.91. The lowest BCUT2D eigenvalue weighted by molar-refractivity contribution is 0.200. The monoisotopic (exact) mass is 397 g/mol. The minimum absolute atomic E-state index is 0.0761. The van der Waals surface area contributed by atoms with Crippen molar-refractivity contribution in [2.24, 2.45) is 0 Å². The molecular weight excluding hydrogens is 373 g/mol. The van der Waals surface area contributed by atoms with Gasteiger partial charge in [0.2, 0.25) is 0 Å². The van der Waals surface area contributed by atoms with Crippen molar-refractivity contribution < 1.29 is 13.9 Å². The highest BCUT2D eigenvalue weighted by Gasteiger charge is 2.23. The number of amides is 2. The van der Waals surface area contributed by atoms with E-state index in [0.29, 0.717) is 17.7 Å². The van der Waals surface area contributed by atoms with E-state index in [1.807, 2.05) is 6.07 Å². The molecule has 1 aliphatic heterocycles. The molecule has 1 fully saturated rings. The maximum atomic E-state index is 13.8. The van der Waals surface area contributed by atoms with Crippen molar-refractivity contribution in [1.82, 2.24) is 15.2 Å². The molecule has 1 aliphatic rings. The first kappa shape index (κ1) is 20.4. The highest BCUT2D eigenvalue weighted by Crippen LogP contribution is 2.20. The number of nitrogens with zero attached hydrogens (tertiary/aromatic N) is 4. The van der Waals surface area contributed by atoms with E-state index in [4.69, 9.17) is 10.00 Å². The Morgan fingerprint density at radius 2 is 2.14 bits per heavy atom. The number of hydrogen-bond donors (Lipinski definition) is 1. The zero-order valence-corrected chi connectivity index (χ0v) is 16.6. The Morgan fingerprint density at radius 3 is 2.72 bits per heavy atom. The van der Waals surface area contributed by atoms with Crippen LogP contribution in [0.4, 0.5) is 15.0 Å². The van der Waals surface area contributed by atoms with E-state index in [-0.39, 0.29) is 17.8 Å². The summed E-state index contributed by atoms with van der Waals surface area (Å²) in [7, 11) is 3.10. The Hall–Kier alpha value is -3.34. The normalized spacial score (nSPS) is 14.2. The molecule has 1 aromatic heterocycles. The Kier molecular flexibility index (Phi) is 6.50. The van der Waals surface area contributed by atoms with Gasteiger partial charge < -0.3 is 19.9 Å². The largest absolute Gasteiger partial charge is 0.494 e. The number of anilines is 1. The van der Waals surface area contributed by atoms with Gasteiger partial charge in [0.15, 0.2) is 11.6 Å². The number of benzene rings is 1. The summed E-state index contributed by atoms with van der Waals surface area (Å²) < 4.78 is 18.7. The Morgan fingerprint density at radius 1 is 1.38 bits per heavy atom. The van der Waals surface area contributed by atoms with E-state index in [1.165, 1.54) is 18.1 Å². The van der Waals surface area contributed by atoms with Crippen molar-refractivity contribution in [1.29, 1.82) is 5.26 Å². The third kappa shape index (κ3) is 5.13. The van der Waals surface area contributed by atoms with Gasteiger partial charge in [-0.2, -0.15) is 5.26 Å².